The Balaban J connectivity index is 2.25. The summed E-state index contributed by atoms with van der Waals surface area (Å²) in [6, 6.07) is 9.41. The molecule has 0 atom stereocenters. The Morgan fingerprint density at radius 3 is 2.53 bits per heavy atom. The number of aromatic nitrogens is 1. The lowest BCUT2D eigenvalue weighted by Gasteiger charge is -2.10. The van der Waals surface area contributed by atoms with Crippen molar-refractivity contribution in [1.82, 2.24) is 4.98 Å². The summed E-state index contributed by atoms with van der Waals surface area (Å²) in [5.41, 5.74) is 4.22. The molecule has 0 radical (unpaired) electrons. The third-order valence-electron chi connectivity index (χ3n) is 2.84. The topological polar surface area (TPSA) is 42.0 Å². The van der Waals surface area contributed by atoms with Crippen molar-refractivity contribution in [1.29, 1.82) is 0 Å². The molecule has 2 aromatic rings. The molecule has 1 aromatic carbocycles. The van der Waals surface area contributed by atoms with Gasteiger partial charge in [0, 0.05) is 10.2 Å². The molecule has 19 heavy (non-hydrogen) atoms. The highest BCUT2D eigenvalue weighted by Crippen LogP contribution is 2.20. The van der Waals surface area contributed by atoms with E-state index in [0.717, 1.165) is 27.1 Å². The first-order chi connectivity index (χ1) is 8.97. The van der Waals surface area contributed by atoms with Gasteiger partial charge in [0.25, 0.3) is 5.91 Å². The molecule has 0 saturated heterocycles. The fraction of sp³-hybridized carbons (Fsp3) is 0.200. The lowest BCUT2D eigenvalue weighted by atomic mass is 10.1. The van der Waals surface area contributed by atoms with E-state index in [1.807, 2.05) is 51.1 Å². The Bertz CT molecular complexity index is 638. The van der Waals surface area contributed by atoms with Gasteiger partial charge < -0.3 is 5.32 Å². The maximum atomic E-state index is 12.2. The van der Waals surface area contributed by atoms with Crippen LogP contribution >= 0.6 is 15.9 Å². The second-order valence-electron chi connectivity index (χ2n) is 4.52. The number of benzene rings is 1. The second-order valence-corrected chi connectivity index (χ2v) is 5.38. The van der Waals surface area contributed by atoms with Gasteiger partial charge in [-0.3, -0.25) is 9.78 Å². The number of rotatable bonds is 2. The van der Waals surface area contributed by atoms with E-state index in [-0.39, 0.29) is 5.91 Å². The van der Waals surface area contributed by atoms with Crippen LogP contribution in [-0.4, -0.2) is 10.9 Å². The first-order valence-corrected chi connectivity index (χ1v) is 6.78. The van der Waals surface area contributed by atoms with E-state index in [4.69, 9.17) is 0 Å². The zero-order chi connectivity index (χ0) is 14.0. The summed E-state index contributed by atoms with van der Waals surface area (Å²) in [4.78, 5) is 16.5. The fourth-order valence-electron chi connectivity index (χ4n) is 1.81. The molecule has 3 nitrogen and oxygen atoms in total. The summed E-state index contributed by atoms with van der Waals surface area (Å²) in [6.45, 7) is 5.79. The van der Waals surface area contributed by atoms with Gasteiger partial charge in [-0.2, -0.15) is 0 Å². The molecule has 0 aliphatic carbocycles. The number of pyridine rings is 1. The summed E-state index contributed by atoms with van der Waals surface area (Å²) >= 11 is 3.41. The van der Waals surface area contributed by atoms with Gasteiger partial charge in [-0.05, 0) is 66.5 Å². The molecule has 0 aliphatic rings. The summed E-state index contributed by atoms with van der Waals surface area (Å²) < 4.78 is 0.794. The van der Waals surface area contributed by atoms with Crippen LogP contribution in [0.15, 0.2) is 34.8 Å². The van der Waals surface area contributed by atoms with Gasteiger partial charge in [-0.25, -0.2) is 0 Å². The zero-order valence-corrected chi connectivity index (χ0v) is 12.7. The first-order valence-electron chi connectivity index (χ1n) is 5.99. The van der Waals surface area contributed by atoms with Crippen LogP contribution < -0.4 is 5.32 Å². The molecule has 1 amide bonds. The van der Waals surface area contributed by atoms with Crippen molar-refractivity contribution in [2.24, 2.45) is 0 Å². The van der Waals surface area contributed by atoms with Gasteiger partial charge in [0.15, 0.2) is 0 Å². The third kappa shape index (κ3) is 3.20. The van der Waals surface area contributed by atoms with Gasteiger partial charge in [0.05, 0.1) is 16.9 Å². The maximum absolute atomic E-state index is 12.2. The first kappa shape index (κ1) is 13.7. The number of carbonyl (C=O) groups excluding carboxylic acids is 1. The Morgan fingerprint density at radius 1 is 1.16 bits per heavy atom. The Morgan fingerprint density at radius 2 is 1.89 bits per heavy atom. The minimum atomic E-state index is -0.138. The molecule has 4 heteroatoms. The summed E-state index contributed by atoms with van der Waals surface area (Å²) in [5.74, 6) is -0.138. The lowest BCUT2D eigenvalue weighted by Crippen LogP contribution is -2.14. The number of amides is 1. The fourth-order valence-corrected chi connectivity index (χ4v) is 2.49. The van der Waals surface area contributed by atoms with E-state index in [1.54, 1.807) is 0 Å². The number of nitrogens with zero attached hydrogens (tertiary/aromatic N) is 1. The Kier molecular flexibility index (Phi) is 4.00. The number of anilines is 1. The van der Waals surface area contributed by atoms with Gasteiger partial charge in [-0.1, -0.05) is 6.07 Å². The van der Waals surface area contributed by atoms with Gasteiger partial charge in [0.1, 0.15) is 0 Å². The molecule has 1 aromatic heterocycles. The van der Waals surface area contributed by atoms with E-state index in [9.17, 15) is 4.79 Å². The van der Waals surface area contributed by atoms with Crippen molar-refractivity contribution in [2.45, 2.75) is 20.8 Å². The molecule has 0 fully saturated rings. The average Bonchev–Trinajstić information content (AvgIpc) is 2.32. The van der Waals surface area contributed by atoms with Crippen molar-refractivity contribution >= 4 is 27.5 Å². The predicted octanol–water partition coefficient (Wildman–Crippen LogP) is 4.02. The van der Waals surface area contributed by atoms with Crippen LogP contribution in [0.4, 0.5) is 5.69 Å². The largest absolute Gasteiger partial charge is 0.320 e. The van der Waals surface area contributed by atoms with Crippen molar-refractivity contribution in [3.8, 4) is 0 Å². The second kappa shape index (κ2) is 5.53. The van der Waals surface area contributed by atoms with E-state index >= 15 is 0 Å². The lowest BCUT2D eigenvalue weighted by molar-refractivity contribution is 0.102. The van der Waals surface area contributed by atoms with Crippen molar-refractivity contribution in [2.75, 3.05) is 5.32 Å². The smallest absolute Gasteiger partial charge is 0.256 e. The number of carbonyl (C=O) groups is 1. The highest BCUT2D eigenvalue weighted by molar-refractivity contribution is 9.10. The molecule has 1 heterocycles. The minimum absolute atomic E-state index is 0.138. The number of nitrogens with one attached hydrogen (secondary N) is 1. The standard InChI is InChI=1S/C15H15BrN2O/c1-9-4-6-12(13(16)8-9)15(19)18-14-7-5-10(2)17-11(14)3/h4-8H,1-3H3,(H,18,19). The van der Waals surface area contributed by atoms with E-state index in [2.05, 4.69) is 26.2 Å². The molecular weight excluding hydrogens is 304 g/mol. The average molecular weight is 319 g/mol. The molecule has 0 unspecified atom stereocenters. The summed E-state index contributed by atoms with van der Waals surface area (Å²) in [6.07, 6.45) is 0. The molecule has 0 spiro atoms. The summed E-state index contributed by atoms with van der Waals surface area (Å²) in [7, 11) is 0. The molecule has 1 N–H and O–H groups in total. The number of aryl methyl sites for hydroxylation is 3. The van der Waals surface area contributed by atoms with Crippen LogP contribution in [0.2, 0.25) is 0 Å². The van der Waals surface area contributed by atoms with Crippen LogP contribution in [0.5, 0.6) is 0 Å². The van der Waals surface area contributed by atoms with Crippen molar-refractivity contribution in [3.63, 3.8) is 0 Å². The van der Waals surface area contributed by atoms with Crippen LogP contribution in [0.25, 0.3) is 0 Å². The van der Waals surface area contributed by atoms with Gasteiger partial charge >= 0.3 is 0 Å². The Hall–Kier alpha value is -1.68. The number of halogens is 1. The quantitative estimate of drug-likeness (QED) is 0.908. The zero-order valence-electron chi connectivity index (χ0n) is 11.1. The molecule has 0 saturated carbocycles. The van der Waals surface area contributed by atoms with Gasteiger partial charge in [0.2, 0.25) is 0 Å². The minimum Gasteiger partial charge on any atom is -0.320 e. The van der Waals surface area contributed by atoms with Crippen molar-refractivity contribution < 1.29 is 4.79 Å². The molecule has 0 aliphatic heterocycles. The summed E-state index contributed by atoms with van der Waals surface area (Å²) in [5, 5.41) is 2.88. The van der Waals surface area contributed by atoms with E-state index < -0.39 is 0 Å². The number of hydrogen-bond acceptors (Lipinski definition) is 2. The van der Waals surface area contributed by atoms with Crippen LogP contribution in [-0.2, 0) is 0 Å². The van der Waals surface area contributed by atoms with E-state index in [0.29, 0.717) is 5.56 Å². The molecule has 98 valence electrons. The normalized spacial score (nSPS) is 10.3. The predicted molar refractivity (Wildman–Crippen MR) is 80.5 cm³/mol. The highest BCUT2D eigenvalue weighted by Gasteiger charge is 2.11. The third-order valence-corrected chi connectivity index (χ3v) is 3.50. The van der Waals surface area contributed by atoms with Crippen LogP contribution in [0.1, 0.15) is 27.3 Å². The molecule has 0 bridgehead atoms. The van der Waals surface area contributed by atoms with Crippen molar-refractivity contribution in [3.05, 3.63) is 57.3 Å². The van der Waals surface area contributed by atoms with Gasteiger partial charge in [-0.15, -0.1) is 0 Å². The Labute approximate surface area is 121 Å². The highest BCUT2D eigenvalue weighted by atomic mass is 79.9. The van der Waals surface area contributed by atoms with Crippen LogP contribution in [0.3, 0.4) is 0 Å². The molecule has 2 rings (SSSR count). The SMILES string of the molecule is Cc1ccc(C(=O)Nc2ccc(C)nc2C)c(Br)c1. The molecular formula is C15H15BrN2O. The van der Waals surface area contributed by atoms with Crippen LogP contribution in [0, 0.1) is 20.8 Å². The monoisotopic (exact) mass is 318 g/mol. The maximum Gasteiger partial charge on any atom is 0.256 e. The number of hydrogen-bond donors (Lipinski definition) is 1. The van der Waals surface area contributed by atoms with E-state index in [1.165, 1.54) is 0 Å².